The van der Waals surface area contributed by atoms with Crippen LogP contribution in [0.3, 0.4) is 0 Å². The van der Waals surface area contributed by atoms with E-state index in [9.17, 15) is 4.57 Å². The Labute approximate surface area is 156 Å². The molecule has 0 bridgehead atoms. The zero-order chi connectivity index (χ0) is 18.4. The molecule has 2 nitrogen and oxygen atoms in total. The van der Waals surface area contributed by atoms with E-state index in [0.717, 1.165) is 17.0 Å². The maximum atomic E-state index is 13.9. The van der Waals surface area contributed by atoms with Gasteiger partial charge in [0.2, 0.25) is 0 Å². The first kappa shape index (κ1) is 18.6. The lowest BCUT2D eigenvalue weighted by Crippen LogP contribution is -2.22. The molecule has 0 aromatic heterocycles. The van der Waals surface area contributed by atoms with Gasteiger partial charge in [0.15, 0.2) is 0 Å². The standard InChI is InChI=1S/C23H25O2P/c1-19(21-12-6-3-7-13-21)18-20(2)25-26(24,22-14-8-4-9-15-22)23-16-10-5-11-17-23/h3-17,19-20H,18H2,1-2H3. The number of rotatable bonds is 7. The van der Waals surface area contributed by atoms with Gasteiger partial charge in [-0.2, -0.15) is 0 Å². The Kier molecular flexibility index (Phi) is 6.08. The summed E-state index contributed by atoms with van der Waals surface area (Å²) in [6.07, 6.45) is 0.685. The highest BCUT2D eigenvalue weighted by Crippen LogP contribution is 2.46. The molecule has 0 aliphatic rings. The summed E-state index contributed by atoms with van der Waals surface area (Å²) in [5.41, 5.74) is 1.28. The van der Waals surface area contributed by atoms with E-state index in [1.165, 1.54) is 5.56 Å². The van der Waals surface area contributed by atoms with Gasteiger partial charge in [-0.1, -0.05) is 73.7 Å². The maximum absolute atomic E-state index is 13.9. The van der Waals surface area contributed by atoms with Crippen molar-refractivity contribution in [2.45, 2.75) is 32.3 Å². The van der Waals surface area contributed by atoms with Crippen LogP contribution in [0.1, 0.15) is 31.7 Å². The predicted molar refractivity (Wildman–Crippen MR) is 110 cm³/mol. The van der Waals surface area contributed by atoms with Crippen LogP contribution in [0.4, 0.5) is 0 Å². The van der Waals surface area contributed by atoms with Crippen LogP contribution in [-0.4, -0.2) is 6.10 Å². The van der Waals surface area contributed by atoms with Crippen molar-refractivity contribution in [2.24, 2.45) is 0 Å². The fourth-order valence-corrected chi connectivity index (χ4v) is 5.49. The summed E-state index contributed by atoms with van der Waals surface area (Å²) in [6.45, 7) is 4.20. The normalized spacial score (nSPS) is 13.9. The van der Waals surface area contributed by atoms with Gasteiger partial charge in [0.05, 0.1) is 6.10 Å². The van der Waals surface area contributed by atoms with Crippen molar-refractivity contribution in [1.29, 1.82) is 0 Å². The summed E-state index contributed by atoms with van der Waals surface area (Å²) < 4.78 is 20.2. The summed E-state index contributed by atoms with van der Waals surface area (Å²) >= 11 is 0. The summed E-state index contributed by atoms with van der Waals surface area (Å²) in [4.78, 5) is 0. The van der Waals surface area contributed by atoms with Gasteiger partial charge in [0, 0.05) is 10.6 Å². The van der Waals surface area contributed by atoms with Gasteiger partial charge < -0.3 is 4.52 Å². The van der Waals surface area contributed by atoms with E-state index < -0.39 is 7.37 Å². The van der Waals surface area contributed by atoms with E-state index in [0.29, 0.717) is 5.92 Å². The van der Waals surface area contributed by atoms with Gasteiger partial charge in [0.25, 0.3) is 7.37 Å². The smallest absolute Gasteiger partial charge is 0.261 e. The molecule has 0 aliphatic carbocycles. The molecule has 3 aromatic rings. The van der Waals surface area contributed by atoms with Crippen LogP contribution in [0, 0.1) is 0 Å². The third-order valence-electron chi connectivity index (χ3n) is 4.57. The van der Waals surface area contributed by atoms with E-state index in [1.807, 2.05) is 73.7 Å². The summed E-state index contributed by atoms with van der Waals surface area (Å²) in [5.74, 6) is 0.339. The molecule has 0 spiro atoms. The van der Waals surface area contributed by atoms with Gasteiger partial charge in [-0.25, -0.2) is 0 Å². The predicted octanol–water partition coefficient (Wildman–Crippen LogP) is 5.51. The van der Waals surface area contributed by atoms with E-state index in [-0.39, 0.29) is 6.10 Å². The first-order chi connectivity index (χ1) is 12.6. The zero-order valence-electron chi connectivity index (χ0n) is 15.3. The van der Waals surface area contributed by atoms with Crippen LogP contribution < -0.4 is 10.6 Å². The summed E-state index contributed by atoms with van der Waals surface area (Å²) in [5, 5.41) is 1.48. The Bertz CT molecular complexity index is 804. The van der Waals surface area contributed by atoms with Crippen molar-refractivity contribution in [3.8, 4) is 0 Å². The molecule has 0 heterocycles. The lowest BCUT2D eigenvalue weighted by Gasteiger charge is -2.25. The van der Waals surface area contributed by atoms with Crippen molar-refractivity contribution in [3.05, 3.63) is 96.6 Å². The molecule has 0 N–H and O–H groups in total. The van der Waals surface area contributed by atoms with Crippen LogP contribution in [0.5, 0.6) is 0 Å². The summed E-state index contributed by atoms with van der Waals surface area (Å²) in [6, 6.07) is 29.4. The second kappa shape index (κ2) is 8.49. The second-order valence-electron chi connectivity index (χ2n) is 6.69. The largest absolute Gasteiger partial charge is 0.319 e. The maximum Gasteiger partial charge on any atom is 0.261 e. The first-order valence-corrected chi connectivity index (χ1v) is 10.7. The monoisotopic (exact) mass is 364 g/mol. The van der Waals surface area contributed by atoms with E-state index >= 15 is 0 Å². The first-order valence-electron chi connectivity index (χ1n) is 9.04. The Morgan fingerprint density at radius 2 is 1.15 bits per heavy atom. The van der Waals surface area contributed by atoms with Crippen LogP contribution in [0.2, 0.25) is 0 Å². The molecule has 3 heteroatoms. The Morgan fingerprint density at radius 3 is 1.62 bits per heavy atom. The van der Waals surface area contributed by atoms with Gasteiger partial charge >= 0.3 is 0 Å². The molecule has 2 atom stereocenters. The van der Waals surface area contributed by atoms with Crippen molar-refractivity contribution in [2.75, 3.05) is 0 Å². The number of hydrogen-bond acceptors (Lipinski definition) is 2. The molecule has 0 saturated heterocycles. The van der Waals surface area contributed by atoms with Crippen LogP contribution >= 0.6 is 7.37 Å². The topological polar surface area (TPSA) is 26.3 Å². The second-order valence-corrected chi connectivity index (χ2v) is 9.03. The molecule has 0 aliphatic heterocycles. The Balaban J connectivity index is 1.84. The van der Waals surface area contributed by atoms with Crippen molar-refractivity contribution in [1.82, 2.24) is 0 Å². The Morgan fingerprint density at radius 1 is 0.731 bits per heavy atom. The molecule has 26 heavy (non-hydrogen) atoms. The molecule has 2 unspecified atom stereocenters. The Hall–Kier alpha value is -2.15. The van der Waals surface area contributed by atoms with Gasteiger partial charge in [-0.05, 0) is 49.1 Å². The molecular weight excluding hydrogens is 339 g/mol. The third kappa shape index (κ3) is 4.33. The van der Waals surface area contributed by atoms with Gasteiger partial charge in [0.1, 0.15) is 0 Å². The lowest BCUT2D eigenvalue weighted by molar-refractivity contribution is 0.213. The van der Waals surface area contributed by atoms with Gasteiger partial charge in [-0.15, -0.1) is 0 Å². The molecule has 0 fully saturated rings. The average Bonchev–Trinajstić information content (AvgIpc) is 2.70. The molecule has 3 rings (SSSR count). The molecule has 3 aromatic carbocycles. The molecule has 0 amide bonds. The SMILES string of the molecule is CC(CC(C)c1ccccc1)OP(=O)(c1ccccc1)c1ccccc1. The van der Waals surface area contributed by atoms with E-state index in [1.54, 1.807) is 0 Å². The lowest BCUT2D eigenvalue weighted by atomic mass is 9.96. The van der Waals surface area contributed by atoms with Crippen molar-refractivity contribution in [3.63, 3.8) is 0 Å². The highest BCUT2D eigenvalue weighted by Gasteiger charge is 2.31. The van der Waals surface area contributed by atoms with E-state index in [2.05, 4.69) is 31.2 Å². The van der Waals surface area contributed by atoms with Crippen LogP contribution in [0.25, 0.3) is 0 Å². The minimum atomic E-state index is -3.13. The average molecular weight is 364 g/mol. The van der Waals surface area contributed by atoms with Crippen LogP contribution in [0.15, 0.2) is 91.0 Å². The fraction of sp³-hybridized carbons (Fsp3) is 0.217. The van der Waals surface area contributed by atoms with Crippen LogP contribution in [-0.2, 0) is 9.09 Å². The fourth-order valence-electron chi connectivity index (χ4n) is 3.23. The quantitative estimate of drug-likeness (QED) is 0.516. The van der Waals surface area contributed by atoms with Gasteiger partial charge in [-0.3, -0.25) is 4.57 Å². The zero-order valence-corrected chi connectivity index (χ0v) is 16.2. The highest BCUT2D eigenvalue weighted by atomic mass is 31.2. The van der Waals surface area contributed by atoms with Crippen molar-refractivity contribution < 1.29 is 9.09 Å². The number of hydrogen-bond donors (Lipinski definition) is 0. The van der Waals surface area contributed by atoms with E-state index in [4.69, 9.17) is 4.52 Å². The molecule has 134 valence electrons. The van der Waals surface area contributed by atoms with Crippen molar-refractivity contribution >= 4 is 18.0 Å². The molecule has 0 radical (unpaired) electrons. The number of benzene rings is 3. The third-order valence-corrected chi connectivity index (χ3v) is 7.19. The minimum absolute atomic E-state index is 0.128. The summed E-state index contributed by atoms with van der Waals surface area (Å²) in [7, 11) is -3.13. The molecule has 0 saturated carbocycles. The highest BCUT2D eigenvalue weighted by molar-refractivity contribution is 7.74. The minimum Gasteiger partial charge on any atom is -0.319 e. The molecular formula is C23H25O2P.